The van der Waals surface area contributed by atoms with E-state index in [0.29, 0.717) is 0 Å². The van der Waals surface area contributed by atoms with Gasteiger partial charge in [-0.1, -0.05) is 86.5 Å². The highest BCUT2D eigenvalue weighted by Crippen LogP contribution is 2.37. The van der Waals surface area contributed by atoms with Crippen LogP contribution in [0.5, 0.6) is 0 Å². The van der Waals surface area contributed by atoms with Crippen molar-refractivity contribution in [1.29, 1.82) is 0 Å². The van der Waals surface area contributed by atoms with Gasteiger partial charge in [0.2, 0.25) is 0 Å². The second-order valence-electron chi connectivity index (χ2n) is 7.36. The van der Waals surface area contributed by atoms with Crippen LogP contribution in [0.25, 0.3) is 21.9 Å². The summed E-state index contributed by atoms with van der Waals surface area (Å²) in [5.74, 6) is 0. The van der Waals surface area contributed by atoms with Crippen molar-refractivity contribution in [2.24, 2.45) is 0 Å². The topological polar surface area (TPSA) is 3.24 Å². The lowest BCUT2D eigenvalue weighted by atomic mass is 9.98. The first-order chi connectivity index (χ1) is 15.2. The quantitative estimate of drug-likeness (QED) is 0.224. The first-order valence-electron chi connectivity index (χ1n) is 10.1. The van der Waals surface area contributed by atoms with Gasteiger partial charge in [0.15, 0.2) is 0 Å². The molecule has 1 nitrogen and oxygen atoms in total. The lowest BCUT2D eigenvalue weighted by molar-refractivity contribution is 1.28. The standard InChI is InChI=1S/C28H19Br2N/c29-22-10-16-25(17-11-22)31(26-18-12-23(30)13-19-26)24-14-8-21(9-15-24)28-7-3-5-20-4-1-2-6-27(20)28/h1-19H. The lowest BCUT2D eigenvalue weighted by Crippen LogP contribution is -2.09. The van der Waals surface area contributed by atoms with Crippen LogP contribution in [0.4, 0.5) is 17.1 Å². The molecule has 0 spiro atoms. The Labute approximate surface area is 199 Å². The Balaban J connectivity index is 1.59. The molecule has 0 saturated heterocycles. The van der Waals surface area contributed by atoms with Gasteiger partial charge in [-0.05, 0) is 82.6 Å². The molecule has 0 aliphatic carbocycles. The smallest absolute Gasteiger partial charge is 0.0462 e. The Morgan fingerprint density at radius 2 is 0.935 bits per heavy atom. The van der Waals surface area contributed by atoms with Crippen LogP contribution >= 0.6 is 31.9 Å². The van der Waals surface area contributed by atoms with Crippen molar-refractivity contribution in [2.45, 2.75) is 0 Å². The van der Waals surface area contributed by atoms with Crippen molar-refractivity contribution in [3.8, 4) is 11.1 Å². The Morgan fingerprint density at radius 1 is 0.452 bits per heavy atom. The molecule has 5 aromatic carbocycles. The molecule has 0 radical (unpaired) electrons. The van der Waals surface area contributed by atoms with Crippen molar-refractivity contribution in [3.05, 3.63) is 124 Å². The summed E-state index contributed by atoms with van der Waals surface area (Å²) in [6, 6.07) is 40.7. The summed E-state index contributed by atoms with van der Waals surface area (Å²) in [4.78, 5) is 2.27. The first-order valence-corrected chi connectivity index (χ1v) is 11.7. The van der Waals surface area contributed by atoms with E-state index in [2.05, 4.69) is 152 Å². The monoisotopic (exact) mass is 527 g/mol. The minimum atomic E-state index is 1.07. The van der Waals surface area contributed by atoms with E-state index in [9.17, 15) is 0 Å². The van der Waals surface area contributed by atoms with Gasteiger partial charge in [0.05, 0.1) is 0 Å². The zero-order chi connectivity index (χ0) is 21.2. The molecule has 5 rings (SSSR count). The molecule has 5 aromatic rings. The van der Waals surface area contributed by atoms with Gasteiger partial charge in [0, 0.05) is 26.0 Å². The number of anilines is 3. The maximum absolute atomic E-state index is 3.55. The molecule has 0 saturated carbocycles. The molecule has 0 N–H and O–H groups in total. The van der Waals surface area contributed by atoms with E-state index in [1.54, 1.807) is 0 Å². The summed E-state index contributed by atoms with van der Waals surface area (Å²) in [6.45, 7) is 0. The minimum absolute atomic E-state index is 1.07. The number of nitrogens with zero attached hydrogens (tertiary/aromatic N) is 1. The van der Waals surface area contributed by atoms with Crippen LogP contribution in [0.3, 0.4) is 0 Å². The van der Waals surface area contributed by atoms with E-state index in [1.807, 2.05) is 0 Å². The molecule has 3 heteroatoms. The average Bonchev–Trinajstić information content (AvgIpc) is 2.82. The second-order valence-corrected chi connectivity index (χ2v) is 9.19. The predicted molar refractivity (Wildman–Crippen MR) is 139 cm³/mol. The Kier molecular flexibility index (Phi) is 5.63. The van der Waals surface area contributed by atoms with Gasteiger partial charge in [-0.15, -0.1) is 0 Å². The van der Waals surface area contributed by atoms with Gasteiger partial charge in [0.1, 0.15) is 0 Å². The largest absolute Gasteiger partial charge is 0.311 e. The van der Waals surface area contributed by atoms with Crippen LogP contribution in [-0.4, -0.2) is 0 Å². The summed E-state index contributed by atoms with van der Waals surface area (Å²) in [5.41, 5.74) is 5.82. The van der Waals surface area contributed by atoms with Crippen molar-refractivity contribution in [2.75, 3.05) is 4.90 Å². The first kappa shape index (κ1) is 20.0. The van der Waals surface area contributed by atoms with E-state index in [-0.39, 0.29) is 0 Å². The maximum Gasteiger partial charge on any atom is 0.0462 e. The molecule has 0 amide bonds. The molecule has 0 bridgehead atoms. The molecule has 0 aliphatic rings. The normalized spacial score (nSPS) is 10.9. The molecule has 0 unspecified atom stereocenters. The molecular weight excluding hydrogens is 510 g/mol. The molecule has 150 valence electrons. The van der Waals surface area contributed by atoms with Gasteiger partial charge in [-0.25, -0.2) is 0 Å². The van der Waals surface area contributed by atoms with E-state index in [0.717, 1.165) is 26.0 Å². The lowest BCUT2D eigenvalue weighted by Gasteiger charge is -2.26. The number of hydrogen-bond acceptors (Lipinski definition) is 1. The van der Waals surface area contributed by atoms with Crippen molar-refractivity contribution >= 4 is 59.7 Å². The number of rotatable bonds is 4. The molecule has 0 atom stereocenters. The number of benzene rings is 5. The highest BCUT2D eigenvalue weighted by atomic mass is 79.9. The zero-order valence-corrected chi connectivity index (χ0v) is 19.8. The Hall–Kier alpha value is -2.88. The fourth-order valence-electron chi connectivity index (χ4n) is 3.89. The molecule has 0 aliphatic heterocycles. The third-order valence-electron chi connectivity index (χ3n) is 5.40. The Bertz CT molecular complexity index is 1270. The van der Waals surface area contributed by atoms with Crippen LogP contribution in [0.1, 0.15) is 0 Å². The van der Waals surface area contributed by atoms with Gasteiger partial charge in [0.25, 0.3) is 0 Å². The van der Waals surface area contributed by atoms with Crippen LogP contribution in [-0.2, 0) is 0 Å². The highest BCUT2D eigenvalue weighted by molar-refractivity contribution is 9.10. The summed E-state index contributed by atoms with van der Waals surface area (Å²) in [7, 11) is 0. The summed E-state index contributed by atoms with van der Waals surface area (Å²) in [5, 5.41) is 2.53. The summed E-state index contributed by atoms with van der Waals surface area (Å²) in [6.07, 6.45) is 0. The van der Waals surface area contributed by atoms with E-state index >= 15 is 0 Å². The summed E-state index contributed by atoms with van der Waals surface area (Å²) < 4.78 is 2.14. The average molecular weight is 529 g/mol. The zero-order valence-electron chi connectivity index (χ0n) is 16.7. The SMILES string of the molecule is Brc1ccc(N(c2ccc(Br)cc2)c2ccc(-c3cccc4ccccc34)cc2)cc1. The molecule has 0 aromatic heterocycles. The third-order valence-corrected chi connectivity index (χ3v) is 6.45. The predicted octanol–water partition coefficient (Wildman–Crippen LogP) is 9.50. The number of hydrogen-bond donors (Lipinski definition) is 0. The maximum atomic E-state index is 3.55. The van der Waals surface area contributed by atoms with Crippen LogP contribution < -0.4 is 4.90 Å². The van der Waals surface area contributed by atoms with E-state index in [4.69, 9.17) is 0 Å². The van der Waals surface area contributed by atoms with E-state index < -0.39 is 0 Å². The van der Waals surface area contributed by atoms with E-state index in [1.165, 1.54) is 21.9 Å². The highest BCUT2D eigenvalue weighted by Gasteiger charge is 2.13. The van der Waals surface area contributed by atoms with Crippen molar-refractivity contribution < 1.29 is 0 Å². The van der Waals surface area contributed by atoms with Gasteiger partial charge >= 0.3 is 0 Å². The number of fused-ring (bicyclic) bond motifs is 1. The summed E-state index contributed by atoms with van der Waals surface area (Å²) >= 11 is 7.09. The Morgan fingerprint density at radius 3 is 1.52 bits per heavy atom. The molecular formula is C28H19Br2N. The van der Waals surface area contributed by atoms with Gasteiger partial charge in [-0.3, -0.25) is 0 Å². The fraction of sp³-hybridized carbons (Fsp3) is 0. The van der Waals surface area contributed by atoms with Crippen LogP contribution in [0.15, 0.2) is 124 Å². The molecule has 0 fully saturated rings. The fourth-order valence-corrected chi connectivity index (χ4v) is 4.42. The van der Waals surface area contributed by atoms with Crippen LogP contribution in [0.2, 0.25) is 0 Å². The number of halogens is 2. The molecule has 0 heterocycles. The van der Waals surface area contributed by atoms with Crippen LogP contribution in [0, 0.1) is 0 Å². The molecule has 31 heavy (non-hydrogen) atoms. The second kappa shape index (κ2) is 8.70. The van der Waals surface area contributed by atoms with Gasteiger partial charge < -0.3 is 4.90 Å². The van der Waals surface area contributed by atoms with Crippen molar-refractivity contribution in [1.82, 2.24) is 0 Å². The van der Waals surface area contributed by atoms with Crippen molar-refractivity contribution in [3.63, 3.8) is 0 Å². The van der Waals surface area contributed by atoms with Gasteiger partial charge in [-0.2, -0.15) is 0 Å². The third kappa shape index (κ3) is 4.16. The minimum Gasteiger partial charge on any atom is -0.311 e.